The zero-order chi connectivity index (χ0) is 27.4. The molecular weight excluding hydrogens is 559 g/mol. The SMILES string of the molecule is O=C(c1cc(Cl)ccc1NS(=O)(=O)c1ccc(Oc2ccccc2Cl)cc1)N1CCCCC[C@H]1c1ccco1. The van der Waals surface area contributed by atoms with E-state index in [2.05, 4.69) is 4.72 Å². The molecule has 1 atom stereocenters. The summed E-state index contributed by atoms with van der Waals surface area (Å²) in [6, 6.07) is 20.9. The smallest absolute Gasteiger partial charge is 0.261 e. The Morgan fingerprint density at radius 1 is 0.949 bits per heavy atom. The van der Waals surface area contributed by atoms with Gasteiger partial charge in [-0.05, 0) is 79.6 Å². The molecule has 1 aliphatic heterocycles. The second kappa shape index (κ2) is 11.7. The average molecular weight is 586 g/mol. The highest BCUT2D eigenvalue weighted by molar-refractivity contribution is 7.92. The molecule has 1 fully saturated rings. The number of carbonyl (C=O) groups is 1. The number of likely N-dealkylation sites (tertiary alicyclic amines) is 1. The number of rotatable bonds is 7. The molecular formula is C29H26Cl2N2O5S. The van der Waals surface area contributed by atoms with Crippen LogP contribution in [-0.2, 0) is 10.0 Å². The fourth-order valence-corrected chi connectivity index (χ4v) is 6.04. The van der Waals surface area contributed by atoms with Crippen molar-refractivity contribution in [3.63, 3.8) is 0 Å². The average Bonchev–Trinajstić information content (AvgIpc) is 3.35. The third kappa shape index (κ3) is 6.24. The van der Waals surface area contributed by atoms with Crippen LogP contribution < -0.4 is 9.46 Å². The topological polar surface area (TPSA) is 88.8 Å². The predicted molar refractivity (Wildman–Crippen MR) is 151 cm³/mol. The van der Waals surface area contributed by atoms with Gasteiger partial charge in [0.2, 0.25) is 0 Å². The number of halogens is 2. The van der Waals surface area contributed by atoms with Crippen molar-refractivity contribution in [2.75, 3.05) is 11.3 Å². The summed E-state index contributed by atoms with van der Waals surface area (Å²) in [5.74, 6) is 1.27. The number of para-hydroxylation sites is 1. The maximum absolute atomic E-state index is 13.9. The molecule has 5 rings (SSSR count). The van der Waals surface area contributed by atoms with Gasteiger partial charge in [-0.3, -0.25) is 9.52 Å². The van der Waals surface area contributed by atoms with Crippen LogP contribution in [0.15, 0.2) is 94.4 Å². The fourth-order valence-electron chi connectivity index (χ4n) is 4.61. The lowest BCUT2D eigenvalue weighted by Gasteiger charge is -2.29. The summed E-state index contributed by atoms with van der Waals surface area (Å²) >= 11 is 12.4. The number of hydrogen-bond donors (Lipinski definition) is 1. The highest BCUT2D eigenvalue weighted by atomic mass is 35.5. The molecule has 0 unspecified atom stereocenters. The number of amides is 1. The second-order valence-electron chi connectivity index (χ2n) is 9.18. The van der Waals surface area contributed by atoms with Gasteiger partial charge >= 0.3 is 0 Å². The largest absolute Gasteiger partial charge is 0.467 e. The third-order valence-electron chi connectivity index (χ3n) is 6.54. The van der Waals surface area contributed by atoms with E-state index >= 15 is 0 Å². The van der Waals surface area contributed by atoms with E-state index in [9.17, 15) is 13.2 Å². The number of anilines is 1. The van der Waals surface area contributed by atoms with Crippen molar-refractivity contribution in [3.05, 3.63) is 106 Å². The number of furan rings is 1. The highest BCUT2D eigenvalue weighted by Gasteiger charge is 2.31. The number of nitrogens with one attached hydrogen (secondary N) is 1. The van der Waals surface area contributed by atoms with Gasteiger partial charge in [-0.1, -0.05) is 48.2 Å². The fraction of sp³-hybridized carbons (Fsp3) is 0.207. The van der Waals surface area contributed by atoms with Gasteiger partial charge in [-0.2, -0.15) is 0 Å². The number of hydrogen-bond acceptors (Lipinski definition) is 5. The quantitative estimate of drug-likeness (QED) is 0.238. The molecule has 0 saturated carbocycles. The van der Waals surface area contributed by atoms with Crippen LogP contribution in [0.2, 0.25) is 10.0 Å². The van der Waals surface area contributed by atoms with Crippen LogP contribution in [0.1, 0.15) is 47.8 Å². The summed E-state index contributed by atoms with van der Waals surface area (Å²) in [4.78, 5) is 15.6. The molecule has 2 heterocycles. The minimum absolute atomic E-state index is 0.00518. The van der Waals surface area contributed by atoms with E-state index in [4.69, 9.17) is 32.4 Å². The lowest BCUT2D eigenvalue weighted by atomic mass is 10.1. The molecule has 0 radical (unpaired) electrons. The standard InChI is InChI=1S/C29H26Cl2N2O5S/c30-20-11-16-25(23(19-20)29(34)33-17-5-1-2-8-26(33)28-10-6-18-37-28)32-39(35,36)22-14-12-21(13-15-22)38-27-9-4-3-7-24(27)31/h3-4,6-7,9-16,18-19,26,32H,1-2,5,8,17H2/t26-/m0/s1. The molecule has 3 aromatic carbocycles. The molecule has 1 amide bonds. The predicted octanol–water partition coefficient (Wildman–Crippen LogP) is 7.94. The van der Waals surface area contributed by atoms with E-state index in [1.54, 1.807) is 47.6 Å². The molecule has 39 heavy (non-hydrogen) atoms. The normalized spacial score (nSPS) is 15.9. The van der Waals surface area contributed by atoms with Gasteiger partial charge < -0.3 is 14.1 Å². The second-order valence-corrected chi connectivity index (χ2v) is 11.7. The van der Waals surface area contributed by atoms with Gasteiger partial charge in [0.1, 0.15) is 17.3 Å². The summed E-state index contributed by atoms with van der Waals surface area (Å²) in [6.45, 7) is 0.524. The number of sulfonamides is 1. The highest BCUT2D eigenvalue weighted by Crippen LogP contribution is 2.34. The maximum atomic E-state index is 13.9. The lowest BCUT2D eigenvalue weighted by Crippen LogP contribution is -2.35. The van der Waals surface area contributed by atoms with Gasteiger partial charge in [-0.15, -0.1) is 0 Å². The molecule has 202 valence electrons. The van der Waals surface area contributed by atoms with Crippen molar-refractivity contribution < 1.29 is 22.4 Å². The van der Waals surface area contributed by atoms with Crippen molar-refractivity contribution >= 4 is 44.8 Å². The molecule has 1 saturated heterocycles. The van der Waals surface area contributed by atoms with E-state index in [0.717, 1.165) is 25.7 Å². The van der Waals surface area contributed by atoms with Crippen molar-refractivity contribution in [2.45, 2.75) is 36.6 Å². The van der Waals surface area contributed by atoms with Crippen molar-refractivity contribution in [1.82, 2.24) is 4.90 Å². The van der Waals surface area contributed by atoms with Gasteiger partial charge in [-0.25, -0.2) is 8.42 Å². The number of carbonyl (C=O) groups excluding carboxylic acids is 1. The molecule has 10 heteroatoms. The first-order valence-electron chi connectivity index (χ1n) is 12.5. The van der Waals surface area contributed by atoms with E-state index in [1.807, 2.05) is 6.07 Å². The Balaban J connectivity index is 1.40. The number of benzene rings is 3. The van der Waals surface area contributed by atoms with E-state index in [1.165, 1.54) is 36.4 Å². The summed E-state index contributed by atoms with van der Waals surface area (Å²) < 4.78 is 40.6. The molecule has 0 bridgehead atoms. The van der Waals surface area contributed by atoms with Crippen LogP contribution >= 0.6 is 23.2 Å². The van der Waals surface area contributed by atoms with Crippen LogP contribution in [0.3, 0.4) is 0 Å². The molecule has 1 aromatic heterocycles. The van der Waals surface area contributed by atoms with Gasteiger partial charge in [0.25, 0.3) is 15.9 Å². The van der Waals surface area contributed by atoms with Crippen molar-refractivity contribution in [3.8, 4) is 11.5 Å². The van der Waals surface area contributed by atoms with Crippen molar-refractivity contribution in [2.24, 2.45) is 0 Å². The molecule has 4 aromatic rings. The zero-order valence-corrected chi connectivity index (χ0v) is 23.2. The summed E-state index contributed by atoms with van der Waals surface area (Å²) in [7, 11) is -4.04. The minimum atomic E-state index is -4.04. The molecule has 0 aliphatic carbocycles. The van der Waals surface area contributed by atoms with E-state index < -0.39 is 10.0 Å². The summed E-state index contributed by atoms with van der Waals surface area (Å²) in [5.41, 5.74) is 0.312. The Kier molecular flexibility index (Phi) is 8.16. The molecule has 0 spiro atoms. The van der Waals surface area contributed by atoms with Crippen molar-refractivity contribution in [1.29, 1.82) is 0 Å². The van der Waals surface area contributed by atoms with E-state index in [-0.39, 0.29) is 28.1 Å². The van der Waals surface area contributed by atoms with Crippen LogP contribution in [0.5, 0.6) is 11.5 Å². The molecule has 1 aliphatic rings. The molecule has 1 N–H and O–H groups in total. The Morgan fingerprint density at radius 2 is 1.74 bits per heavy atom. The Bertz CT molecular complexity index is 1560. The first-order chi connectivity index (χ1) is 18.8. The third-order valence-corrected chi connectivity index (χ3v) is 8.47. The van der Waals surface area contributed by atoms with E-state index in [0.29, 0.717) is 33.8 Å². The number of nitrogens with zero attached hydrogens (tertiary/aromatic N) is 1. The van der Waals surface area contributed by atoms with Crippen LogP contribution in [-0.4, -0.2) is 25.8 Å². The van der Waals surface area contributed by atoms with Gasteiger partial charge in [0.15, 0.2) is 0 Å². The Labute approximate surface area is 237 Å². The molecule has 7 nitrogen and oxygen atoms in total. The number of ether oxygens (including phenoxy) is 1. The van der Waals surface area contributed by atoms with Crippen LogP contribution in [0, 0.1) is 0 Å². The minimum Gasteiger partial charge on any atom is -0.467 e. The first kappa shape index (κ1) is 27.1. The maximum Gasteiger partial charge on any atom is 0.261 e. The summed E-state index contributed by atoms with van der Waals surface area (Å²) in [6.07, 6.45) is 5.13. The lowest BCUT2D eigenvalue weighted by molar-refractivity contribution is 0.0659. The van der Waals surface area contributed by atoms with Gasteiger partial charge in [0, 0.05) is 11.6 Å². The van der Waals surface area contributed by atoms with Gasteiger partial charge in [0.05, 0.1) is 33.5 Å². The van der Waals surface area contributed by atoms with Crippen LogP contribution in [0.25, 0.3) is 0 Å². The zero-order valence-electron chi connectivity index (χ0n) is 20.8. The van der Waals surface area contributed by atoms with Crippen LogP contribution in [0.4, 0.5) is 5.69 Å². The summed E-state index contributed by atoms with van der Waals surface area (Å²) in [5, 5.41) is 0.765. The first-order valence-corrected chi connectivity index (χ1v) is 14.7. The monoisotopic (exact) mass is 584 g/mol. The Hall–Kier alpha value is -3.46. The Morgan fingerprint density at radius 3 is 2.49 bits per heavy atom.